The van der Waals surface area contributed by atoms with Crippen LogP contribution >= 0.6 is 11.6 Å². The average molecular weight is 403 g/mol. The Balaban J connectivity index is 1.94. The van der Waals surface area contributed by atoms with E-state index in [1.807, 2.05) is 18.2 Å². The SMILES string of the molecule is NC(=O)c1cccc(-n2c(/C=C/c3ccc(Cl)cc3)nc3ccncc3c2=O)c1. The second-order valence-electron chi connectivity index (χ2n) is 6.30. The van der Waals surface area contributed by atoms with E-state index in [1.54, 1.807) is 54.7 Å². The van der Waals surface area contributed by atoms with Gasteiger partial charge in [-0.25, -0.2) is 4.98 Å². The van der Waals surface area contributed by atoms with Gasteiger partial charge in [-0.3, -0.25) is 19.1 Å². The molecule has 2 aromatic carbocycles. The lowest BCUT2D eigenvalue weighted by atomic mass is 10.1. The Kier molecular flexibility index (Phi) is 4.93. The highest BCUT2D eigenvalue weighted by molar-refractivity contribution is 6.30. The lowest BCUT2D eigenvalue weighted by molar-refractivity contribution is 0.1000. The van der Waals surface area contributed by atoms with E-state index in [2.05, 4.69) is 9.97 Å². The van der Waals surface area contributed by atoms with Gasteiger partial charge in [0.15, 0.2) is 0 Å². The highest BCUT2D eigenvalue weighted by Crippen LogP contribution is 2.17. The fourth-order valence-corrected chi connectivity index (χ4v) is 3.08. The minimum atomic E-state index is -0.575. The van der Waals surface area contributed by atoms with Crippen molar-refractivity contribution in [3.05, 3.63) is 99.3 Å². The summed E-state index contributed by atoms with van der Waals surface area (Å²) in [6.07, 6.45) is 6.63. The molecule has 4 rings (SSSR count). The maximum atomic E-state index is 13.2. The molecule has 0 unspecified atom stereocenters. The highest BCUT2D eigenvalue weighted by atomic mass is 35.5. The zero-order chi connectivity index (χ0) is 20.4. The van der Waals surface area contributed by atoms with Gasteiger partial charge in [0, 0.05) is 23.0 Å². The number of carbonyl (C=O) groups excluding carboxylic acids is 1. The molecule has 6 nitrogen and oxygen atoms in total. The first-order chi connectivity index (χ1) is 14.0. The van der Waals surface area contributed by atoms with Gasteiger partial charge in [-0.15, -0.1) is 0 Å². The summed E-state index contributed by atoms with van der Waals surface area (Å²) in [6.45, 7) is 0. The van der Waals surface area contributed by atoms with E-state index in [1.165, 1.54) is 10.8 Å². The Labute approximate surface area is 170 Å². The minimum absolute atomic E-state index is 0.291. The maximum absolute atomic E-state index is 13.2. The van der Waals surface area contributed by atoms with Crippen LogP contribution in [0.25, 0.3) is 28.7 Å². The number of pyridine rings is 1. The van der Waals surface area contributed by atoms with Crippen LogP contribution in [-0.2, 0) is 0 Å². The van der Waals surface area contributed by atoms with Gasteiger partial charge in [0.05, 0.1) is 16.6 Å². The summed E-state index contributed by atoms with van der Waals surface area (Å²) in [7, 11) is 0. The molecular weight excluding hydrogens is 388 g/mol. The third-order valence-electron chi connectivity index (χ3n) is 4.38. The molecule has 0 saturated heterocycles. The summed E-state index contributed by atoms with van der Waals surface area (Å²) in [4.78, 5) is 33.4. The molecule has 2 N–H and O–H groups in total. The molecule has 0 aliphatic rings. The van der Waals surface area contributed by atoms with Crippen LogP contribution in [0.5, 0.6) is 0 Å². The monoisotopic (exact) mass is 402 g/mol. The van der Waals surface area contributed by atoms with E-state index >= 15 is 0 Å². The van der Waals surface area contributed by atoms with Gasteiger partial charge in [-0.2, -0.15) is 0 Å². The van der Waals surface area contributed by atoms with Crippen LogP contribution < -0.4 is 11.3 Å². The number of nitrogens with two attached hydrogens (primary N) is 1. The van der Waals surface area contributed by atoms with E-state index in [0.717, 1.165) is 5.56 Å². The number of hydrogen-bond acceptors (Lipinski definition) is 4. The van der Waals surface area contributed by atoms with Crippen molar-refractivity contribution in [3.63, 3.8) is 0 Å². The fourth-order valence-electron chi connectivity index (χ4n) is 2.95. The molecular formula is C22H15ClN4O2. The number of rotatable bonds is 4. The van der Waals surface area contributed by atoms with Crippen molar-refractivity contribution in [2.24, 2.45) is 5.73 Å². The van der Waals surface area contributed by atoms with Gasteiger partial charge in [0.1, 0.15) is 5.82 Å². The zero-order valence-corrected chi connectivity index (χ0v) is 15.9. The van der Waals surface area contributed by atoms with Crippen LogP contribution in [0.2, 0.25) is 5.02 Å². The molecule has 4 aromatic rings. The van der Waals surface area contributed by atoms with Crippen LogP contribution in [0.4, 0.5) is 0 Å². The number of hydrogen-bond donors (Lipinski definition) is 1. The highest BCUT2D eigenvalue weighted by Gasteiger charge is 2.12. The number of aromatic nitrogens is 3. The van der Waals surface area contributed by atoms with Crippen molar-refractivity contribution in [2.45, 2.75) is 0 Å². The summed E-state index contributed by atoms with van der Waals surface area (Å²) in [5, 5.41) is 1.01. The first-order valence-corrected chi connectivity index (χ1v) is 9.11. The molecule has 0 bridgehead atoms. The van der Waals surface area contributed by atoms with Crippen LogP contribution in [0.1, 0.15) is 21.7 Å². The predicted molar refractivity (Wildman–Crippen MR) is 114 cm³/mol. The summed E-state index contributed by atoms with van der Waals surface area (Å²) in [6, 6.07) is 15.5. The Morgan fingerprint density at radius 2 is 1.86 bits per heavy atom. The van der Waals surface area contributed by atoms with Crippen molar-refractivity contribution in [1.29, 1.82) is 0 Å². The van der Waals surface area contributed by atoms with Gasteiger partial charge >= 0.3 is 0 Å². The van der Waals surface area contributed by atoms with Crippen LogP contribution in [0.3, 0.4) is 0 Å². The first kappa shape index (κ1) is 18.6. The standard InChI is InChI=1S/C22H15ClN4O2/c23-16-7-4-14(5-8-16)6-9-20-26-19-10-11-25-13-18(19)22(29)27(20)17-3-1-2-15(12-17)21(24)28/h1-13H,(H2,24,28)/b9-6+. The van der Waals surface area contributed by atoms with Crippen molar-refractivity contribution < 1.29 is 4.79 Å². The third-order valence-corrected chi connectivity index (χ3v) is 4.63. The Bertz CT molecular complexity index is 1310. The molecule has 29 heavy (non-hydrogen) atoms. The number of fused-ring (bicyclic) bond motifs is 1. The van der Waals surface area contributed by atoms with Gasteiger partial charge in [0.25, 0.3) is 5.56 Å². The number of primary amides is 1. The van der Waals surface area contributed by atoms with E-state index in [9.17, 15) is 9.59 Å². The molecule has 2 heterocycles. The van der Waals surface area contributed by atoms with Crippen molar-refractivity contribution >= 4 is 40.6 Å². The second kappa shape index (κ2) is 7.69. The van der Waals surface area contributed by atoms with E-state index in [0.29, 0.717) is 33.0 Å². The molecule has 0 spiro atoms. The fraction of sp³-hybridized carbons (Fsp3) is 0. The van der Waals surface area contributed by atoms with E-state index in [4.69, 9.17) is 17.3 Å². The Hall–Kier alpha value is -3.77. The molecule has 0 fully saturated rings. The number of amides is 1. The molecule has 0 aliphatic carbocycles. The number of benzene rings is 2. The van der Waals surface area contributed by atoms with Crippen LogP contribution in [0.15, 0.2) is 71.8 Å². The Morgan fingerprint density at radius 1 is 1.07 bits per heavy atom. The summed E-state index contributed by atoms with van der Waals surface area (Å²) in [5.74, 6) is -0.168. The van der Waals surface area contributed by atoms with Crippen LogP contribution in [-0.4, -0.2) is 20.4 Å². The van der Waals surface area contributed by atoms with Crippen molar-refractivity contribution in [2.75, 3.05) is 0 Å². The van der Waals surface area contributed by atoms with E-state index < -0.39 is 5.91 Å². The topological polar surface area (TPSA) is 90.9 Å². The second-order valence-corrected chi connectivity index (χ2v) is 6.74. The lowest BCUT2D eigenvalue weighted by Crippen LogP contribution is -2.23. The zero-order valence-electron chi connectivity index (χ0n) is 15.1. The van der Waals surface area contributed by atoms with Gasteiger partial charge < -0.3 is 5.73 Å². The maximum Gasteiger partial charge on any atom is 0.267 e. The smallest absolute Gasteiger partial charge is 0.267 e. The van der Waals surface area contributed by atoms with Gasteiger partial charge in [-0.05, 0) is 48.0 Å². The van der Waals surface area contributed by atoms with Gasteiger partial charge in [-0.1, -0.05) is 35.9 Å². The molecule has 1 amide bonds. The largest absolute Gasteiger partial charge is 0.366 e. The predicted octanol–water partition coefficient (Wildman–Crippen LogP) is 3.70. The quantitative estimate of drug-likeness (QED) is 0.563. The summed E-state index contributed by atoms with van der Waals surface area (Å²) >= 11 is 5.94. The summed E-state index contributed by atoms with van der Waals surface area (Å²) < 4.78 is 1.43. The lowest BCUT2D eigenvalue weighted by Gasteiger charge is -2.12. The van der Waals surface area contributed by atoms with Gasteiger partial charge in [0.2, 0.25) is 5.91 Å². The molecule has 142 valence electrons. The third kappa shape index (κ3) is 3.79. The number of nitrogens with zero attached hydrogens (tertiary/aromatic N) is 3. The van der Waals surface area contributed by atoms with Crippen molar-refractivity contribution in [1.82, 2.24) is 14.5 Å². The van der Waals surface area contributed by atoms with Crippen molar-refractivity contribution in [3.8, 4) is 5.69 Å². The normalized spacial score (nSPS) is 11.2. The Morgan fingerprint density at radius 3 is 2.62 bits per heavy atom. The summed E-state index contributed by atoms with van der Waals surface area (Å²) in [5.41, 5.74) is 7.32. The molecule has 0 radical (unpaired) electrons. The number of carbonyl (C=O) groups is 1. The van der Waals surface area contributed by atoms with Crippen LogP contribution in [0, 0.1) is 0 Å². The molecule has 7 heteroatoms. The molecule has 0 atom stereocenters. The first-order valence-electron chi connectivity index (χ1n) is 8.73. The molecule has 0 aliphatic heterocycles. The molecule has 0 saturated carbocycles. The number of halogens is 1. The average Bonchev–Trinajstić information content (AvgIpc) is 2.73. The van der Waals surface area contributed by atoms with E-state index in [-0.39, 0.29) is 5.56 Å². The minimum Gasteiger partial charge on any atom is -0.366 e. The molecule has 2 aromatic heterocycles.